The normalized spacial score (nSPS) is 24.5. The van der Waals surface area contributed by atoms with Gasteiger partial charge in [0.05, 0.1) is 12.9 Å². The second-order valence-electron chi connectivity index (χ2n) is 10.3. The maximum Gasteiger partial charge on any atom is 0.348 e. The van der Waals surface area contributed by atoms with Crippen LogP contribution in [0.1, 0.15) is 32.6 Å². The number of anilines is 1. The molecule has 0 spiro atoms. The number of carboxylic acids is 2. The van der Waals surface area contributed by atoms with Crippen LogP contribution in [0.4, 0.5) is 5.82 Å². The van der Waals surface area contributed by atoms with E-state index in [1.807, 2.05) is 18.7 Å². The largest absolute Gasteiger partial charge is 0.479 e. The van der Waals surface area contributed by atoms with Crippen molar-refractivity contribution in [2.45, 2.75) is 62.4 Å². The van der Waals surface area contributed by atoms with E-state index >= 15 is 0 Å². The van der Waals surface area contributed by atoms with Crippen LogP contribution in [0.15, 0.2) is 36.7 Å². The Balaban J connectivity index is 1.73. The van der Waals surface area contributed by atoms with Crippen molar-refractivity contribution in [2.75, 3.05) is 18.6 Å². The molecular formula is C27H30ClN5O8. The van der Waals surface area contributed by atoms with Gasteiger partial charge in [-0.05, 0) is 37.9 Å². The Hall–Kier alpha value is -3.80. The van der Waals surface area contributed by atoms with E-state index in [-0.39, 0.29) is 17.0 Å². The molecule has 4 atom stereocenters. The highest BCUT2D eigenvalue weighted by molar-refractivity contribution is 6.28. The SMILES string of the molecule is C#C[C@]1(O)[C@@H](O)[C@H](n2cnc3c(N(C)C(C)C)nc(Cl)nc32)OC1(C)COC(Cc1ccccc1)(C(=O)O)C(=O)O. The summed E-state index contributed by atoms with van der Waals surface area (Å²) >= 11 is 6.20. The molecule has 1 fully saturated rings. The van der Waals surface area contributed by atoms with Crippen molar-refractivity contribution >= 4 is 40.5 Å². The standard InChI is InChI=1S/C27H30ClN5O8/c1-6-27(39)18(34)21(33-14-29-17-19(32(5)15(2)3)30-24(28)31-20(17)33)41-25(27,4)13-40-26(22(35)36,23(37)38)12-16-10-8-7-9-11-16/h1,7-11,14-15,18,21,34,39H,12-13H2,2-5H3,(H,35,36)(H,37,38)/t18-,21+,25?,27-/m0/s1. The second-order valence-corrected chi connectivity index (χ2v) is 10.7. The lowest BCUT2D eigenvalue weighted by molar-refractivity contribution is -0.204. The zero-order valence-electron chi connectivity index (χ0n) is 22.7. The number of imidazole rings is 1. The monoisotopic (exact) mass is 587 g/mol. The number of terminal acetylenes is 1. The van der Waals surface area contributed by atoms with Crippen LogP contribution in [0.25, 0.3) is 11.2 Å². The van der Waals surface area contributed by atoms with Gasteiger partial charge in [0.2, 0.25) is 5.28 Å². The highest BCUT2D eigenvalue weighted by Crippen LogP contribution is 2.46. The Morgan fingerprint density at radius 2 is 1.90 bits per heavy atom. The lowest BCUT2D eigenvalue weighted by Crippen LogP contribution is -2.59. The van der Waals surface area contributed by atoms with Gasteiger partial charge < -0.3 is 34.8 Å². The van der Waals surface area contributed by atoms with Crippen molar-refractivity contribution < 1.29 is 39.5 Å². The number of rotatable bonds is 10. The zero-order valence-corrected chi connectivity index (χ0v) is 23.5. The fourth-order valence-electron chi connectivity index (χ4n) is 4.64. The first kappa shape index (κ1) is 30.2. The van der Waals surface area contributed by atoms with E-state index in [4.69, 9.17) is 27.5 Å². The van der Waals surface area contributed by atoms with Crippen LogP contribution in [0.2, 0.25) is 5.28 Å². The summed E-state index contributed by atoms with van der Waals surface area (Å²) in [6.45, 7) is 4.34. The molecule has 13 nitrogen and oxygen atoms in total. The van der Waals surface area contributed by atoms with Crippen molar-refractivity contribution in [3.8, 4) is 12.3 Å². The van der Waals surface area contributed by atoms with E-state index in [1.54, 1.807) is 37.4 Å². The molecule has 1 aromatic carbocycles. The minimum absolute atomic E-state index is 0.0224. The number of fused-ring (bicyclic) bond motifs is 1. The number of halogens is 1. The Labute approximate surface area is 240 Å². The van der Waals surface area contributed by atoms with Crippen LogP contribution < -0.4 is 4.90 Å². The summed E-state index contributed by atoms with van der Waals surface area (Å²) in [5.74, 6) is -1.01. The summed E-state index contributed by atoms with van der Waals surface area (Å²) in [4.78, 5) is 39.3. The smallest absolute Gasteiger partial charge is 0.348 e. The van der Waals surface area contributed by atoms with Gasteiger partial charge in [0.1, 0.15) is 11.7 Å². The maximum atomic E-state index is 12.3. The van der Waals surface area contributed by atoms with Crippen LogP contribution in [0, 0.1) is 12.3 Å². The van der Waals surface area contributed by atoms with Gasteiger partial charge in [-0.1, -0.05) is 36.3 Å². The Morgan fingerprint density at radius 1 is 1.27 bits per heavy atom. The molecule has 2 aromatic heterocycles. The van der Waals surface area contributed by atoms with Crippen molar-refractivity contribution in [3.63, 3.8) is 0 Å². The van der Waals surface area contributed by atoms with Crippen LogP contribution in [0.5, 0.6) is 0 Å². The van der Waals surface area contributed by atoms with Gasteiger partial charge >= 0.3 is 11.9 Å². The van der Waals surface area contributed by atoms with Gasteiger partial charge in [-0.15, -0.1) is 6.42 Å². The Morgan fingerprint density at radius 3 is 2.46 bits per heavy atom. The molecule has 218 valence electrons. The first-order valence-electron chi connectivity index (χ1n) is 12.5. The lowest BCUT2D eigenvalue weighted by atomic mass is 9.82. The topological polar surface area (TPSA) is 180 Å². The van der Waals surface area contributed by atoms with Gasteiger partial charge in [0.25, 0.3) is 5.60 Å². The molecule has 1 saturated heterocycles. The fraction of sp³-hybridized carbons (Fsp3) is 0.444. The van der Waals surface area contributed by atoms with Gasteiger partial charge in [0.15, 0.2) is 28.8 Å². The molecule has 4 N–H and O–H groups in total. The maximum absolute atomic E-state index is 12.3. The van der Waals surface area contributed by atoms with E-state index < -0.39 is 54.1 Å². The number of aliphatic hydroxyl groups is 2. The molecule has 41 heavy (non-hydrogen) atoms. The third kappa shape index (κ3) is 4.98. The van der Waals surface area contributed by atoms with E-state index in [1.165, 1.54) is 17.8 Å². The number of carboxylic acid groups (broad SMARTS) is 2. The molecule has 1 unspecified atom stereocenters. The summed E-state index contributed by atoms with van der Waals surface area (Å²) in [7, 11) is 1.79. The second kappa shape index (κ2) is 10.9. The highest BCUT2D eigenvalue weighted by Gasteiger charge is 2.64. The van der Waals surface area contributed by atoms with E-state index in [0.29, 0.717) is 16.9 Å². The van der Waals surface area contributed by atoms with E-state index in [9.17, 15) is 30.0 Å². The van der Waals surface area contributed by atoms with E-state index in [2.05, 4.69) is 20.9 Å². The highest BCUT2D eigenvalue weighted by atomic mass is 35.5. The number of hydrogen-bond acceptors (Lipinski definition) is 10. The third-order valence-electron chi connectivity index (χ3n) is 7.44. The van der Waals surface area contributed by atoms with Gasteiger partial charge in [-0.3, -0.25) is 4.57 Å². The number of carbonyl (C=O) groups is 2. The molecule has 4 rings (SSSR count). The van der Waals surface area contributed by atoms with Crippen LogP contribution >= 0.6 is 11.6 Å². The van der Waals surface area contributed by atoms with Crippen molar-refractivity contribution in [3.05, 3.63) is 47.5 Å². The lowest BCUT2D eigenvalue weighted by Gasteiger charge is -2.37. The van der Waals surface area contributed by atoms with Crippen LogP contribution in [-0.2, 0) is 25.5 Å². The van der Waals surface area contributed by atoms with Crippen molar-refractivity contribution in [1.82, 2.24) is 19.5 Å². The first-order valence-corrected chi connectivity index (χ1v) is 12.9. The summed E-state index contributed by atoms with van der Waals surface area (Å²) < 4.78 is 12.9. The quantitative estimate of drug-likeness (QED) is 0.153. The third-order valence-corrected chi connectivity index (χ3v) is 7.61. The average molecular weight is 588 g/mol. The molecular weight excluding hydrogens is 558 g/mol. The number of aliphatic hydroxyl groups excluding tert-OH is 1. The number of benzene rings is 1. The summed E-state index contributed by atoms with van der Waals surface area (Å²) in [6, 6.07) is 8.07. The van der Waals surface area contributed by atoms with Crippen molar-refractivity contribution in [2.24, 2.45) is 0 Å². The molecule has 14 heteroatoms. The molecule has 0 bridgehead atoms. The summed E-state index contributed by atoms with van der Waals surface area (Å²) in [5, 5.41) is 42.6. The number of aromatic nitrogens is 4. The molecule has 0 saturated carbocycles. The summed E-state index contributed by atoms with van der Waals surface area (Å²) in [6.07, 6.45) is 3.21. The Bertz CT molecular complexity index is 1490. The fourth-order valence-corrected chi connectivity index (χ4v) is 4.80. The van der Waals surface area contributed by atoms with Gasteiger partial charge in [-0.25, -0.2) is 14.6 Å². The van der Waals surface area contributed by atoms with Gasteiger partial charge in [-0.2, -0.15) is 9.97 Å². The molecule has 3 aromatic rings. The molecule has 1 aliphatic heterocycles. The Kier molecular flexibility index (Phi) is 8.01. The molecule has 3 heterocycles. The average Bonchev–Trinajstić information content (AvgIpc) is 3.43. The summed E-state index contributed by atoms with van der Waals surface area (Å²) in [5.41, 5.74) is -6.35. The number of ether oxygens (including phenoxy) is 2. The molecule has 0 amide bonds. The predicted octanol–water partition coefficient (Wildman–Crippen LogP) is 1.50. The minimum atomic E-state index is -2.76. The van der Waals surface area contributed by atoms with Gasteiger partial charge in [0, 0.05) is 19.5 Å². The number of aliphatic carboxylic acids is 2. The molecule has 0 aliphatic carbocycles. The molecule has 0 radical (unpaired) electrons. The first-order chi connectivity index (χ1) is 19.2. The van der Waals surface area contributed by atoms with Crippen LogP contribution in [0.3, 0.4) is 0 Å². The zero-order chi connectivity index (χ0) is 30.3. The minimum Gasteiger partial charge on any atom is -0.479 e. The van der Waals surface area contributed by atoms with Crippen LogP contribution in [-0.4, -0.2) is 94.5 Å². The predicted molar refractivity (Wildman–Crippen MR) is 146 cm³/mol. The number of nitrogens with zero attached hydrogens (tertiary/aromatic N) is 5. The van der Waals surface area contributed by atoms with Crippen molar-refractivity contribution in [1.29, 1.82) is 0 Å². The van der Waals surface area contributed by atoms with E-state index in [0.717, 1.165) is 0 Å². The number of hydrogen-bond donors (Lipinski definition) is 4. The molecule has 1 aliphatic rings.